The first-order chi connectivity index (χ1) is 9.52. The van der Waals surface area contributed by atoms with Crippen LogP contribution < -0.4 is 10.6 Å². The highest BCUT2D eigenvalue weighted by molar-refractivity contribution is 6.02. The Morgan fingerprint density at radius 3 is 2.80 bits per heavy atom. The molecule has 6 heteroatoms. The standard InChI is InChI=1S/C14H17FN2O3/c1-8-10(5-6-16-8)13(18)17-12-4-3-9(15)7-11(12)14(19)20-2/h3-4,7-8,10,16H,5-6H2,1-2H3,(H,17,18). The smallest absolute Gasteiger partial charge is 0.340 e. The Labute approximate surface area is 116 Å². The van der Waals surface area contributed by atoms with Crippen LogP contribution in [0.1, 0.15) is 23.7 Å². The van der Waals surface area contributed by atoms with Gasteiger partial charge in [-0.1, -0.05) is 0 Å². The Bertz CT molecular complexity index is 533. The molecule has 1 amide bonds. The molecule has 1 aliphatic heterocycles. The predicted octanol–water partition coefficient (Wildman–Crippen LogP) is 1.55. The fourth-order valence-corrected chi connectivity index (χ4v) is 2.35. The molecule has 2 unspecified atom stereocenters. The second-order valence-electron chi connectivity index (χ2n) is 4.81. The van der Waals surface area contributed by atoms with Gasteiger partial charge in [0.15, 0.2) is 0 Å². The Hall–Kier alpha value is -1.95. The van der Waals surface area contributed by atoms with E-state index in [1.807, 2.05) is 6.92 Å². The van der Waals surface area contributed by atoms with E-state index in [4.69, 9.17) is 0 Å². The average Bonchev–Trinajstić information content (AvgIpc) is 2.86. The molecule has 0 bridgehead atoms. The molecule has 5 nitrogen and oxygen atoms in total. The third-order valence-corrected chi connectivity index (χ3v) is 3.51. The van der Waals surface area contributed by atoms with E-state index in [9.17, 15) is 14.0 Å². The fourth-order valence-electron chi connectivity index (χ4n) is 2.35. The van der Waals surface area contributed by atoms with E-state index in [2.05, 4.69) is 15.4 Å². The Morgan fingerprint density at radius 1 is 1.45 bits per heavy atom. The molecule has 2 rings (SSSR count). The van der Waals surface area contributed by atoms with Crippen LogP contribution in [0.15, 0.2) is 18.2 Å². The zero-order valence-corrected chi connectivity index (χ0v) is 11.4. The molecule has 1 saturated heterocycles. The van der Waals surface area contributed by atoms with Crippen LogP contribution in [0.2, 0.25) is 0 Å². The summed E-state index contributed by atoms with van der Waals surface area (Å²) in [5.41, 5.74) is 0.279. The normalized spacial score (nSPS) is 21.6. The van der Waals surface area contributed by atoms with Gasteiger partial charge in [-0.15, -0.1) is 0 Å². The van der Waals surface area contributed by atoms with Crippen molar-refractivity contribution in [2.75, 3.05) is 19.0 Å². The zero-order chi connectivity index (χ0) is 14.7. The quantitative estimate of drug-likeness (QED) is 0.824. The molecule has 0 spiro atoms. The van der Waals surface area contributed by atoms with Crippen molar-refractivity contribution in [3.05, 3.63) is 29.6 Å². The topological polar surface area (TPSA) is 67.4 Å². The molecule has 2 N–H and O–H groups in total. The number of nitrogens with one attached hydrogen (secondary N) is 2. The number of methoxy groups -OCH3 is 1. The lowest BCUT2D eigenvalue weighted by Gasteiger charge is -2.16. The third kappa shape index (κ3) is 2.96. The number of ether oxygens (including phenoxy) is 1. The third-order valence-electron chi connectivity index (χ3n) is 3.51. The van der Waals surface area contributed by atoms with Crippen molar-refractivity contribution in [3.63, 3.8) is 0 Å². The minimum Gasteiger partial charge on any atom is -0.465 e. The van der Waals surface area contributed by atoms with Crippen LogP contribution in [-0.2, 0) is 9.53 Å². The molecule has 1 aromatic carbocycles. The molecule has 0 aromatic heterocycles. The number of hydrogen-bond acceptors (Lipinski definition) is 4. The second kappa shape index (κ2) is 6.00. The maximum absolute atomic E-state index is 13.2. The van der Waals surface area contributed by atoms with Gasteiger partial charge in [-0.3, -0.25) is 4.79 Å². The highest BCUT2D eigenvalue weighted by atomic mass is 19.1. The van der Waals surface area contributed by atoms with Crippen LogP contribution in [0, 0.1) is 11.7 Å². The van der Waals surface area contributed by atoms with E-state index in [1.54, 1.807) is 0 Å². The number of carbonyl (C=O) groups excluding carboxylic acids is 2. The van der Waals surface area contributed by atoms with Crippen molar-refractivity contribution in [1.29, 1.82) is 0 Å². The molecule has 1 aromatic rings. The minimum absolute atomic E-state index is 0.0134. The number of benzene rings is 1. The summed E-state index contributed by atoms with van der Waals surface area (Å²) < 4.78 is 17.8. The number of rotatable bonds is 3. The summed E-state index contributed by atoms with van der Waals surface area (Å²) in [6, 6.07) is 3.69. The molecule has 108 valence electrons. The van der Waals surface area contributed by atoms with Crippen molar-refractivity contribution < 1.29 is 18.7 Å². The van der Waals surface area contributed by atoms with Gasteiger partial charge in [0, 0.05) is 6.04 Å². The number of amides is 1. The first kappa shape index (κ1) is 14.5. The lowest BCUT2D eigenvalue weighted by molar-refractivity contribution is -0.120. The number of esters is 1. The summed E-state index contributed by atoms with van der Waals surface area (Å²) in [4.78, 5) is 23.8. The maximum Gasteiger partial charge on any atom is 0.340 e. The summed E-state index contributed by atoms with van der Waals surface area (Å²) in [6.07, 6.45) is 0.738. The highest BCUT2D eigenvalue weighted by Gasteiger charge is 2.30. The van der Waals surface area contributed by atoms with Crippen LogP contribution in [0.3, 0.4) is 0 Å². The van der Waals surface area contributed by atoms with Crippen molar-refractivity contribution in [2.24, 2.45) is 5.92 Å². The van der Waals surface area contributed by atoms with Gasteiger partial charge in [0.05, 0.1) is 24.3 Å². The van der Waals surface area contributed by atoms with Gasteiger partial charge in [-0.05, 0) is 38.1 Å². The van der Waals surface area contributed by atoms with E-state index in [1.165, 1.54) is 19.2 Å². The fraction of sp³-hybridized carbons (Fsp3) is 0.429. The van der Waals surface area contributed by atoms with Crippen LogP contribution in [0.4, 0.5) is 10.1 Å². The van der Waals surface area contributed by atoms with Crippen molar-refractivity contribution >= 4 is 17.6 Å². The predicted molar refractivity (Wildman–Crippen MR) is 71.9 cm³/mol. The summed E-state index contributed by atoms with van der Waals surface area (Å²) in [7, 11) is 1.21. The van der Waals surface area contributed by atoms with Gasteiger partial charge in [0.1, 0.15) is 5.82 Å². The molecule has 20 heavy (non-hydrogen) atoms. The number of hydrogen-bond donors (Lipinski definition) is 2. The summed E-state index contributed by atoms with van der Waals surface area (Å²) >= 11 is 0. The minimum atomic E-state index is -0.683. The lowest BCUT2D eigenvalue weighted by atomic mass is 10.0. The zero-order valence-electron chi connectivity index (χ0n) is 11.4. The van der Waals surface area contributed by atoms with Gasteiger partial charge in [0.25, 0.3) is 0 Å². The largest absolute Gasteiger partial charge is 0.465 e. The van der Waals surface area contributed by atoms with E-state index in [-0.39, 0.29) is 29.1 Å². The van der Waals surface area contributed by atoms with Gasteiger partial charge >= 0.3 is 5.97 Å². The van der Waals surface area contributed by atoms with E-state index in [0.717, 1.165) is 19.0 Å². The number of anilines is 1. The van der Waals surface area contributed by atoms with Crippen molar-refractivity contribution in [3.8, 4) is 0 Å². The Balaban J connectivity index is 2.20. The van der Waals surface area contributed by atoms with Crippen LogP contribution in [-0.4, -0.2) is 31.6 Å². The summed E-state index contributed by atoms with van der Waals surface area (Å²) in [5.74, 6) is -1.58. The van der Waals surface area contributed by atoms with Gasteiger partial charge in [0.2, 0.25) is 5.91 Å². The first-order valence-corrected chi connectivity index (χ1v) is 6.45. The molecule has 2 atom stereocenters. The molecule has 0 saturated carbocycles. The molecular weight excluding hydrogens is 263 g/mol. The molecule has 1 heterocycles. The van der Waals surface area contributed by atoms with Gasteiger partial charge in [-0.2, -0.15) is 0 Å². The van der Waals surface area contributed by atoms with Crippen LogP contribution in [0.5, 0.6) is 0 Å². The van der Waals surface area contributed by atoms with E-state index in [0.29, 0.717) is 0 Å². The SMILES string of the molecule is COC(=O)c1cc(F)ccc1NC(=O)C1CCNC1C. The molecule has 1 fully saturated rings. The highest BCUT2D eigenvalue weighted by Crippen LogP contribution is 2.22. The average molecular weight is 280 g/mol. The molecule has 0 radical (unpaired) electrons. The lowest BCUT2D eigenvalue weighted by Crippen LogP contribution is -2.32. The Morgan fingerprint density at radius 2 is 2.20 bits per heavy atom. The van der Waals surface area contributed by atoms with E-state index >= 15 is 0 Å². The van der Waals surface area contributed by atoms with Crippen molar-refractivity contribution in [1.82, 2.24) is 5.32 Å². The maximum atomic E-state index is 13.2. The van der Waals surface area contributed by atoms with E-state index < -0.39 is 11.8 Å². The molecule has 1 aliphatic rings. The van der Waals surface area contributed by atoms with Crippen molar-refractivity contribution in [2.45, 2.75) is 19.4 Å². The van der Waals surface area contributed by atoms with Gasteiger partial charge < -0.3 is 15.4 Å². The number of carbonyl (C=O) groups is 2. The molecular formula is C14H17FN2O3. The number of halogens is 1. The first-order valence-electron chi connectivity index (χ1n) is 6.45. The van der Waals surface area contributed by atoms with Crippen LogP contribution >= 0.6 is 0 Å². The summed E-state index contributed by atoms with van der Waals surface area (Å²) in [5, 5.41) is 5.86. The molecule has 0 aliphatic carbocycles. The second-order valence-corrected chi connectivity index (χ2v) is 4.81. The monoisotopic (exact) mass is 280 g/mol. The Kier molecular flexibility index (Phi) is 4.34. The van der Waals surface area contributed by atoms with Crippen LogP contribution in [0.25, 0.3) is 0 Å². The summed E-state index contributed by atoms with van der Waals surface area (Å²) in [6.45, 7) is 2.72. The van der Waals surface area contributed by atoms with Gasteiger partial charge in [-0.25, -0.2) is 9.18 Å².